The second-order valence-corrected chi connectivity index (χ2v) is 8.83. The minimum atomic E-state index is -0.575. The smallest absolute Gasteiger partial charge is 0.263 e. The van der Waals surface area contributed by atoms with E-state index in [-0.39, 0.29) is 17.9 Å². The van der Waals surface area contributed by atoms with Crippen LogP contribution in [0.15, 0.2) is 78.9 Å². The van der Waals surface area contributed by atoms with E-state index < -0.39 is 6.10 Å². The summed E-state index contributed by atoms with van der Waals surface area (Å²) >= 11 is 0. The van der Waals surface area contributed by atoms with Crippen molar-refractivity contribution in [3.05, 3.63) is 101 Å². The number of amides is 2. The Morgan fingerprint density at radius 3 is 2.35 bits per heavy atom. The van der Waals surface area contributed by atoms with Crippen LogP contribution in [0.2, 0.25) is 0 Å². The molecule has 0 radical (unpaired) electrons. The molecule has 34 heavy (non-hydrogen) atoms. The minimum Gasteiger partial charge on any atom is -0.481 e. The topological polar surface area (TPSA) is 49.9 Å². The molecule has 0 fully saturated rings. The standard InChI is InChI=1S/C29H32N2O3/c1-4-27(29(33)30(3)20-22-11-7-5-8-12-22)34-25-16-15-23-17-18-31(21(2)32)28(26(23)19-25)24-13-9-6-10-14-24/h5-16,19,27-28H,4,17-18,20H2,1-3H3/t27-,28+/m0/s1. The Morgan fingerprint density at radius 2 is 1.71 bits per heavy atom. The van der Waals surface area contributed by atoms with Gasteiger partial charge in [-0.1, -0.05) is 73.7 Å². The highest BCUT2D eigenvalue weighted by Gasteiger charge is 2.31. The molecule has 1 aliphatic rings. The van der Waals surface area contributed by atoms with E-state index in [1.165, 1.54) is 5.56 Å². The van der Waals surface area contributed by atoms with Crippen LogP contribution in [0.3, 0.4) is 0 Å². The summed E-state index contributed by atoms with van der Waals surface area (Å²) < 4.78 is 6.24. The molecule has 176 valence electrons. The Morgan fingerprint density at radius 1 is 1.03 bits per heavy atom. The van der Waals surface area contributed by atoms with Crippen molar-refractivity contribution < 1.29 is 14.3 Å². The average Bonchev–Trinajstić information content (AvgIpc) is 2.87. The van der Waals surface area contributed by atoms with E-state index in [1.807, 2.05) is 79.5 Å². The zero-order valence-electron chi connectivity index (χ0n) is 20.1. The molecule has 0 N–H and O–H groups in total. The van der Waals surface area contributed by atoms with Crippen molar-refractivity contribution >= 4 is 11.8 Å². The normalized spacial score (nSPS) is 15.9. The van der Waals surface area contributed by atoms with Crippen LogP contribution < -0.4 is 4.74 Å². The van der Waals surface area contributed by atoms with Crippen molar-refractivity contribution in [3.8, 4) is 5.75 Å². The second kappa shape index (κ2) is 10.6. The van der Waals surface area contributed by atoms with E-state index in [0.29, 0.717) is 25.3 Å². The molecule has 5 heteroatoms. The number of hydrogen-bond donors (Lipinski definition) is 0. The maximum Gasteiger partial charge on any atom is 0.263 e. The van der Waals surface area contributed by atoms with E-state index in [1.54, 1.807) is 11.8 Å². The largest absolute Gasteiger partial charge is 0.481 e. The molecule has 0 saturated heterocycles. The van der Waals surface area contributed by atoms with E-state index >= 15 is 0 Å². The summed E-state index contributed by atoms with van der Waals surface area (Å²) in [5, 5.41) is 0. The maximum absolute atomic E-state index is 13.1. The molecule has 3 aromatic carbocycles. The lowest BCUT2D eigenvalue weighted by Gasteiger charge is -2.37. The van der Waals surface area contributed by atoms with Crippen LogP contribution in [-0.4, -0.2) is 41.3 Å². The van der Waals surface area contributed by atoms with Crippen molar-refractivity contribution in [2.75, 3.05) is 13.6 Å². The molecule has 0 aromatic heterocycles. The molecule has 0 unspecified atom stereocenters. The third-order valence-electron chi connectivity index (χ3n) is 6.43. The number of carbonyl (C=O) groups is 2. The summed E-state index contributed by atoms with van der Waals surface area (Å²) in [6.45, 7) is 4.80. The number of carbonyl (C=O) groups excluding carboxylic acids is 2. The van der Waals surface area contributed by atoms with Gasteiger partial charge in [0.15, 0.2) is 6.10 Å². The first-order chi connectivity index (χ1) is 16.5. The molecular weight excluding hydrogens is 424 g/mol. The first-order valence-corrected chi connectivity index (χ1v) is 11.9. The Labute approximate surface area is 202 Å². The number of nitrogens with zero attached hydrogens (tertiary/aromatic N) is 2. The molecular formula is C29H32N2O3. The fourth-order valence-corrected chi connectivity index (χ4v) is 4.65. The average molecular weight is 457 g/mol. The summed E-state index contributed by atoms with van der Waals surface area (Å²) in [5.41, 5.74) is 4.42. The van der Waals surface area contributed by atoms with Gasteiger partial charge in [-0.15, -0.1) is 0 Å². The summed E-state index contributed by atoms with van der Waals surface area (Å²) in [6.07, 6.45) is 0.792. The van der Waals surface area contributed by atoms with Gasteiger partial charge < -0.3 is 14.5 Å². The van der Waals surface area contributed by atoms with Gasteiger partial charge in [0.2, 0.25) is 5.91 Å². The van der Waals surface area contributed by atoms with Gasteiger partial charge in [-0.05, 0) is 47.2 Å². The lowest BCUT2D eigenvalue weighted by Crippen LogP contribution is -2.40. The molecule has 1 aliphatic heterocycles. The van der Waals surface area contributed by atoms with Gasteiger partial charge in [0.1, 0.15) is 5.75 Å². The molecule has 2 atom stereocenters. The lowest BCUT2D eigenvalue weighted by atomic mass is 9.88. The highest BCUT2D eigenvalue weighted by molar-refractivity contribution is 5.81. The van der Waals surface area contributed by atoms with Gasteiger partial charge in [-0.2, -0.15) is 0 Å². The Bertz CT molecular complexity index is 1130. The van der Waals surface area contributed by atoms with Crippen molar-refractivity contribution in [1.82, 2.24) is 9.80 Å². The van der Waals surface area contributed by atoms with E-state index in [4.69, 9.17) is 4.74 Å². The molecule has 0 spiro atoms. The first kappa shape index (κ1) is 23.6. The molecule has 2 amide bonds. The predicted molar refractivity (Wildman–Crippen MR) is 133 cm³/mol. The van der Waals surface area contributed by atoms with Gasteiger partial charge in [0.05, 0.1) is 6.04 Å². The highest BCUT2D eigenvalue weighted by Crippen LogP contribution is 2.37. The third kappa shape index (κ3) is 5.14. The Kier molecular flexibility index (Phi) is 7.31. The molecule has 0 bridgehead atoms. The highest BCUT2D eigenvalue weighted by atomic mass is 16.5. The van der Waals surface area contributed by atoms with Gasteiger partial charge in [0, 0.05) is 27.1 Å². The van der Waals surface area contributed by atoms with Gasteiger partial charge in [-0.3, -0.25) is 9.59 Å². The number of likely N-dealkylation sites (N-methyl/N-ethyl adjacent to an activating group) is 1. The number of rotatable bonds is 7. The quantitative estimate of drug-likeness (QED) is 0.503. The van der Waals surface area contributed by atoms with Crippen LogP contribution >= 0.6 is 0 Å². The molecule has 1 heterocycles. The maximum atomic E-state index is 13.1. The van der Waals surface area contributed by atoms with Crippen molar-refractivity contribution in [2.24, 2.45) is 0 Å². The van der Waals surface area contributed by atoms with Gasteiger partial charge in [0.25, 0.3) is 5.91 Å². The van der Waals surface area contributed by atoms with Crippen LogP contribution in [0.1, 0.15) is 48.6 Å². The minimum absolute atomic E-state index is 0.0472. The van der Waals surface area contributed by atoms with Crippen molar-refractivity contribution in [2.45, 2.75) is 45.4 Å². The zero-order valence-corrected chi connectivity index (χ0v) is 20.1. The second-order valence-electron chi connectivity index (χ2n) is 8.83. The number of benzene rings is 3. The number of fused-ring (bicyclic) bond motifs is 1. The summed E-state index contributed by atoms with van der Waals surface area (Å²) in [4.78, 5) is 29.2. The van der Waals surface area contributed by atoms with Crippen LogP contribution in [0, 0.1) is 0 Å². The predicted octanol–water partition coefficient (Wildman–Crippen LogP) is 5.00. The van der Waals surface area contributed by atoms with Crippen LogP contribution in [0.5, 0.6) is 5.75 Å². The van der Waals surface area contributed by atoms with E-state index in [9.17, 15) is 9.59 Å². The molecule has 5 nitrogen and oxygen atoms in total. The van der Waals surface area contributed by atoms with Gasteiger partial charge in [-0.25, -0.2) is 0 Å². The Hall–Kier alpha value is -3.60. The monoisotopic (exact) mass is 456 g/mol. The van der Waals surface area contributed by atoms with Crippen LogP contribution in [0.25, 0.3) is 0 Å². The lowest BCUT2D eigenvalue weighted by molar-refractivity contribution is -0.138. The van der Waals surface area contributed by atoms with Gasteiger partial charge >= 0.3 is 0 Å². The number of hydrogen-bond acceptors (Lipinski definition) is 3. The van der Waals surface area contributed by atoms with E-state index in [0.717, 1.165) is 23.1 Å². The molecule has 3 aromatic rings. The molecule has 0 saturated carbocycles. The summed E-state index contributed by atoms with van der Waals surface area (Å²) in [7, 11) is 1.81. The zero-order chi connectivity index (χ0) is 24.1. The van der Waals surface area contributed by atoms with Crippen LogP contribution in [0.4, 0.5) is 0 Å². The number of ether oxygens (including phenoxy) is 1. The summed E-state index contributed by atoms with van der Waals surface area (Å²) in [5.74, 6) is 0.655. The SMILES string of the molecule is CC[C@H](Oc1ccc2c(c1)[C@@H](c1ccccc1)N(C(C)=O)CC2)C(=O)N(C)Cc1ccccc1. The van der Waals surface area contributed by atoms with Crippen molar-refractivity contribution in [1.29, 1.82) is 0 Å². The van der Waals surface area contributed by atoms with Crippen molar-refractivity contribution in [3.63, 3.8) is 0 Å². The molecule has 4 rings (SSSR count). The fourth-order valence-electron chi connectivity index (χ4n) is 4.65. The fraction of sp³-hybridized carbons (Fsp3) is 0.310. The van der Waals surface area contributed by atoms with Crippen LogP contribution in [-0.2, 0) is 22.6 Å². The summed E-state index contributed by atoms with van der Waals surface area (Å²) in [6, 6.07) is 25.9. The Balaban J connectivity index is 1.58. The third-order valence-corrected chi connectivity index (χ3v) is 6.43. The van der Waals surface area contributed by atoms with E-state index in [2.05, 4.69) is 18.2 Å². The molecule has 0 aliphatic carbocycles. The first-order valence-electron chi connectivity index (χ1n) is 11.9.